The topological polar surface area (TPSA) is 30.5 Å². The van der Waals surface area contributed by atoms with Crippen molar-refractivity contribution in [2.24, 2.45) is 0 Å². The van der Waals surface area contributed by atoms with Crippen LogP contribution >= 0.6 is 0 Å². The van der Waals surface area contributed by atoms with Gasteiger partial charge < -0.3 is 14.8 Å². The van der Waals surface area contributed by atoms with Gasteiger partial charge in [-0.05, 0) is 48.7 Å². The lowest BCUT2D eigenvalue weighted by atomic mass is 10.2. The summed E-state index contributed by atoms with van der Waals surface area (Å²) in [6.07, 6.45) is 2.13. The fraction of sp³-hybridized carbons (Fsp3) is 0.280. The van der Waals surface area contributed by atoms with Gasteiger partial charge in [-0.25, -0.2) is 0 Å². The van der Waals surface area contributed by atoms with Crippen LogP contribution in [-0.2, 0) is 13.0 Å². The van der Waals surface area contributed by atoms with E-state index >= 15 is 0 Å². The van der Waals surface area contributed by atoms with Gasteiger partial charge in [0.25, 0.3) is 0 Å². The van der Waals surface area contributed by atoms with E-state index < -0.39 is 0 Å². The lowest BCUT2D eigenvalue weighted by molar-refractivity contribution is 0.217. The minimum atomic E-state index is 0.222. The maximum atomic E-state index is 5.93. The van der Waals surface area contributed by atoms with Gasteiger partial charge in [0, 0.05) is 24.7 Å². The Morgan fingerprint density at radius 1 is 0.821 bits per heavy atom. The van der Waals surface area contributed by atoms with Crippen molar-refractivity contribution >= 4 is 5.69 Å². The van der Waals surface area contributed by atoms with Crippen LogP contribution in [0.5, 0.6) is 11.5 Å². The van der Waals surface area contributed by atoms with Crippen molar-refractivity contribution in [1.82, 2.24) is 0 Å². The van der Waals surface area contributed by atoms with Crippen molar-refractivity contribution in [2.45, 2.75) is 39.3 Å². The minimum absolute atomic E-state index is 0.222. The summed E-state index contributed by atoms with van der Waals surface area (Å²) < 4.78 is 11.8. The van der Waals surface area contributed by atoms with Crippen molar-refractivity contribution in [3.8, 4) is 11.5 Å². The number of nitrogens with one attached hydrogen (secondary N) is 1. The zero-order valence-electron chi connectivity index (χ0n) is 16.7. The summed E-state index contributed by atoms with van der Waals surface area (Å²) in [6, 6.07) is 26.8. The monoisotopic (exact) mass is 375 g/mol. The first-order chi connectivity index (χ1) is 13.7. The average Bonchev–Trinajstić information content (AvgIpc) is 2.73. The second-order valence-corrected chi connectivity index (χ2v) is 6.95. The Labute approximate surface area is 168 Å². The number of ether oxygens (including phenoxy) is 2. The van der Waals surface area contributed by atoms with E-state index in [4.69, 9.17) is 9.47 Å². The van der Waals surface area contributed by atoms with E-state index in [9.17, 15) is 0 Å². The van der Waals surface area contributed by atoms with E-state index in [1.807, 2.05) is 36.4 Å². The van der Waals surface area contributed by atoms with Crippen LogP contribution in [0.4, 0.5) is 5.69 Å². The van der Waals surface area contributed by atoms with Gasteiger partial charge in [-0.3, -0.25) is 0 Å². The lowest BCUT2D eigenvalue weighted by Gasteiger charge is -2.14. The number of benzene rings is 3. The van der Waals surface area contributed by atoms with Gasteiger partial charge in [-0.1, -0.05) is 55.5 Å². The normalized spacial score (nSPS) is 11.6. The Morgan fingerprint density at radius 2 is 1.57 bits per heavy atom. The molecule has 3 aromatic carbocycles. The molecule has 0 saturated heterocycles. The van der Waals surface area contributed by atoms with Gasteiger partial charge >= 0.3 is 0 Å². The van der Waals surface area contributed by atoms with E-state index in [0.29, 0.717) is 6.61 Å². The van der Waals surface area contributed by atoms with Crippen LogP contribution in [0.1, 0.15) is 31.4 Å². The summed E-state index contributed by atoms with van der Waals surface area (Å²) in [5.74, 6) is 1.81. The van der Waals surface area contributed by atoms with E-state index in [1.54, 1.807) is 0 Å². The predicted octanol–water partition coefficient (Wildman–Crippen LogP) is 6.10. The molecule has 0 aliphatic carbocycles. The summed E-state index contributed by atoms with van der Waals surface area (Å²) in [5.41, 5.74) is 3.53. The zero-order valence-corrected chi connectivity index (χ0v) is 16.7. The van der Waals surface area contributed by atoms with Crippen LogP contribution < -0.4 is 14.8 Å². The molecular formula is C25H29NO2. The van der Waals surface area contributed by atoms with Crippen LogP contribution in [0.2, 0.25) is 0 Å². The number of rotatable bonds is 10. The molecule has 0 aliphatic heterocycles. The zero-order chi connectivity index (χ0) is 19.6. The molecule has 0 fully saturated rings. The fourth-order valence-corrected chi connectivity index (χ4v) is 2.88. The van der Waals surface area contributed by atoms with Crippen molar-refractivity contribution in [3.63, 3.8) is 0 Å². The Bertz CT molecular complexity index is 848. The Hall–Kier alpha value is -2.94. The standard InChI is InChI=1S/C25H29NO2/c1-3-20(2)28-25-14-8-12-23(18-25)26-19-22-11-7-13-24(17-22)27-16-15-21-9-5-4-6-10-21/h4-14,17-18,20,26H,3,15-16,19H2,1-2H3. The van der Waals surface area contributed by atoms with Crippen molar-refractivity contribution < 1.29 is 9.47 Å². The first-order valence-electron chi connectivity index (χ1n) is 9.99. The van der Waals surface area contributed by atoms with Crippen LogP contribution in [0.25, 0.3) is 0 Å². The van der Waals surface area contributed by atoms with Crippen LogP contribution in [0, 0.1) is 0 Å². The Kier molecular flexibility index (Phi) is 7.36. The van der Waals surface area contributed by atoms with E-state index in [-0.39, 0.29) is 6.10 Å². The highest BCUT2D eigenvalue weighted by Gasteiger charge is 2.03. The SMILES string of the molecule is CCC(C)Oc1cccc(NCc2cccc(OCCc3ccccc3)c2)c1. The highest BCUT2D eigenvalue weighted by Crippen LogP contribution is 2.21. The third-order valence-electron chi connectivity index (χ3n) is 4.64. The summed E-state index contributed by atoms with van der Waals surface area (Å²) in [7, 11) is 0. The molecule has 0 saturated carbocycles. The van der Waals surface area contributed by atoms with E-state index in [1.165, 1.54) is 11.1 Å². The van der Waals surface area contributed by atoms with Gasteiger partial charge in [-0.2, -0.15) is 0 Å². The molecular weight excluding hydrogens is 346 g/mol. The lowest BCUT2D eigenvalue weighted by Crippen LogP contribution is -2.09. The van der Waals surface area contributed by atoms with Crippen LogP contribution in [0.3, 0.4) is 0 Å². The first kappa shape index (κ1) is 19.8. The van der Waals surface area contributed by atoms with Gasteiger partial charge in [0.1, 0.15) is 11.5 Å². The quantitative estimate of drug-likeness (QED) is 0.464. The third kappa shape index (κ3) is 6.34. The second kappa shape index (κ2) is 10.4. The van der Waals surface area contributed by atoms with Gasteiger partial charge in [-0.15, -0.1) is 0 Å². The largest absolute Gasteiger partial charge is 0.493 e. The highest BCUT2D eigenvalue weighted by molar-refractivity contribution is 5.48. The molecule has 0 spiro atoms. The molecule has 3 heteroatoms. The average molecular weight is 376 g/mol. The molecule has 0 bridgehead atoms. The first-order valence-corrected chi connectivity index (χ1v) is 9.99. The molecule has 0 amide bonds. The van der Waals surface area contributed by atoms with Crippen LogP contribution in [0.15, 0.2) is 78.9 Å². The third-order valence-corrected chi connectivity index (χ3v) is 4.64. The van der Waals surface area contributed by atoms with Gasteiger partial charge in [0.05, 0.1) is 12.7 Å². The number of hydrogen-bond donors (Lipinski definition) is 1. The Morgan fingerprint density at radius 3 is 2.39 bits per heavy atom. The number of anilines is 1. The molecule has 0 aliphatic rings. The molecule has 3 nitrogen and oxygen atoms in total. The molecule has 146 valence electrons. The maximum absolute atomic E-state index is 5.93. The highest BCUT2D eigenvalue weighted by atomic mass is 16.5. The summed E-state index contributed by atoms with van der Waals surface area (Å²) in [6.45, 7) is 5.63. The molecule has 0 aromatic heterocycles. The fourth-order valence-electron chi connectivity index (χ4n) is 2.88. The molecule has 1 atom stereocenters. The molecule has 28 heavy (non-hydrogen) atoms. The summed E-state index contributed by atoms with van der Waals surface area (Å²) in [4.78, 5) is 0. The van der Waals surface area contributed by atoms with Crippen LogP contribution in [-0.4, -0.2) is 12.7 Å². The van der Waals surface area contributed by atoms with E-state index in [2.05, 4.69) is 61.6 Å². The van der Waals surface area contributed by atoms with Crippen molar-refractivity contribution in [3.05, 3.63) is 90.0 Å². The Balaban J connectivity index is 1.51. The molecule has 3 rings (SSSR count). The van der Waals surface area contributed by atoms with Crippen molar-refractivity contribution in [1.29, 1.82) is 0 Å². The van der Waals surface area contributed by atoms with E-state index in [0.717, 1.165) is 36.6 Å². The molecule has 3 aromatic rings. The maximum Gasteiger partial charge on any atom is 0.121 e. The molecule has 1 unspecified atom stereocenters. The minimum Gasteiger partial charge on any atom is -0.493 e. The predicted molar refractivity (Wildman–Crippen MR) is 116 cm³/mol. The van der Waals surface area contributed by atoms with Gasteiger partial charge in [0.15, 0.2) is 0 Å². The smallest absolute Gasteiger partial charge is 0.121 e. The molecule has 0 heterocycles. The summed E-state index contributed by atoms with van der Waals surface area (Å²) in [5, 5.41) is 3.47. The van der Waals surface area contributed by atoms with Crippen molar-refractivity contribution in [2.75, 3.05) is 11.9 Å². The second-order valence-electron chi connectivity index (χ2n) is 6.95. The summed E-state index contributed by atoms with van der Waals surface area (Å²) >= 11 is 0. The molecule has 1 N–H and O–H groups in total. The van der Waals surface area contributed by atoms with Gasteiger partial charge in [0.2, 0.25) is 0 Å². The number of hydrogen-bond acceptors (Lipinski definition) is 3. The molecule has 0 radical (unpaired) electrons.